The average molecular weight is 354 g/mol. The van der Waals surface area contributed by atoms with Gasteiger partial charge in [0.2, 0.25) is 5.75 Å². The van der Waals surface area contributed by atoms with Gasteiger partial charge in [-0.2, -0.15) is 13.2 Å². The van der Waals surface area contributed by atoms with Crippen LogP contribution in [0.4, 0.5) is 18.9 Å². The summed E-state index contributed by atoms with van der Waals surface area (Å²) in [5.74, 6) is -3.17. The molecule has 10 heteroatoms. The highest BCUT2D eigenvalue weighted by Crippen LogP contribution is 2.32. The van der Waals surface area contributed by atoms with Crippen LogP contribution in [0.5, 0.6) is 5.75 Å². The average Bonchev–Trinajstić information content (AvgIpc) is 2.53. The third-order valence-electron chi connectivity index (χ3n) is 3.21. The van der Waals surface area contributed by atoms with Crippen LogP contribution in [-0.2, 0) is 6.18 Å². The molecule has 0 aliphatic rings. The van der Waals surface area contributed by atoms with E-state index in [2.05, 4.69) is 4.98 Å². The van der Waals surface area contributed by atoms with Crippen LogP contribution < -0.4 is 0 Å². The van der Waals surface area contributed by atoms with E-state index in [4.69, 9.17) is 0 Å². The number of para-hydroxylation sites is 1. The molecule has 0 atom stereocenters. The molecule has 0 amide bonds. The molecule has 0 aliphatic heterocycles. The van der Waals surface area contributed by atoms with Crippen LogP contribution in [0.15, 0.2) is 36.5 Å². The van der Waals surface area contributed by atoms with Gasteiger partial charge in [0.25, 0.3) is 0 Å². The van der Waals surface area contributed by atoms with Crippen molar-refractivity contribution in [3.63, 3.8) is 0 Å². The number of aromatic hydroxyl groups is 1. The van der Waals surface area contributed by atoms with Gasteiger partial charge in [-0.15, -0.1) is 0 Å². The molecule has 0 aliphatic carbocycles. The van der Waals surface area contributed by atoms with Gasteiger partial charge in [-0.3, -0.25) is 24.7 Å². The Bertz CT molecular complexity index is 864. The van der Waals surface area contributed by atoms with Gasteiger partial charge in [-0.1, -0.05) is 6.07 Å². The second-order valence-corrected chi connectivity index (χ2v) is 4.85. The molecule has 0 bridgehead atoms. The van der Waals surface area contributed by atoms with Crippen molar-refractivity contribution in [1.29, 1.82) is 0 Å². The van der Waals surface area contributed by atoms with Crippen LogP contribution in [0.3, 0.4) is 0 Å². The summed E-state index contributed by atoms with van der Waals surface area (Å²) in [7, 11) is 0. The monoisotopic (exact) mass is 354 g/mol. The molecule has 7 nitrogen and oxygen atoms in total. The van der Waals surface area contributed by atoms with Crippen molar-refractivity contribution in [3.8, 4) is 5.75 Å². The number of phenolic OH excluding ortho intramolecular Hbond substituents is 1. The molecule has 2 aromatic rings. The normalized spacial score (nSPS) is 11.2. The van der Waals surface area contributed by atoms with E-state index in [0.717, 1.165) is 36.5 Å². The lowest BCUT2D eigenvalue weighted by molar-refractivity contribution is -0.385. The highest BCUT2D eigenvalue weighted by atomic mass is 19.4. The van der Waals surface area contributed by atoms with Crippen molar-refractivity contribution in [2.75, 3.05) is 0 Å². The Kier molecular flexibility index (Phi) is 4.82. The van der Waals surface area contributed by atoms with E-state index in [1.807, 2.05) is 0 Å². The number of nitro benzene ring substituents is 1. The second kappa shape index (κ2) is 6.67. The Morgan fingerprint density at radius 1 is 1.12 bits per heavy atom. The number of nitrogens with zero attached hydrogens (tertiary/aromatic N) is 2. The Balaban J connectivity index is 2.33. The predicted molar refractivity (Wildman–Crippen MR) is 77.3 cm³/mol. The molecule has 2 rings (SSSR count). The molecule has 0 saturated heterocycles. The van der Waals surface area contributed by atoms with Gasteiger partial charge >= 0.3 is 11.9 Å². The number of nitro groups is 1. The Morgan fingerprint density at radius 2 is 1.72 bits per heavy atom. The lowest BCUT2D eigenvalue weighted by atomic mass is 9.99. The molecular formula is C15H9F3N2O5. The molecule has 1 aromatic carbocycles. The van der Waals surface area contributed by atoms with Crippen LogP contribution in [0, 0.1) is 10.1 Å². The number of alkyl halides is 3. The predicted octanol–water partition coefficient (Wildman–Crippen LogP) is 3.17. The number of halogens is 3. The van der Waals surface area contributed by atoms with Crippen molar-refractivity contribution in [1.82, 2.24) is 4.98 Å². The number of hydrogen-bond acceptors (Lipinski definition) is 6. The number of pyridine rings is 1. The quantitative estimate of drug-likeness (QED) is 0.382. The van der Waals surface area contributed by atoms with Crippen molar-refractivity contribution in [3.05, 3.63) is 63.5 Å². The molecule has 1 aromatic heterocycles. The van der Waals surface area contributed by atoms with Gasteiger partial charge in [0.15, 0.2) is 17.3 Å². The van der Waals surface area contributed by atoms with Gasteiger partial charge in [-0.25, -0.2) is 0 Å². The zero-order valence-corrected chi connectivity index (χ0v) is 12.3. The molecule has 0 radical (unpaired) electrons. The first-order valence-electron chi connectivity index (χ1n) is 6.68. The van der Waals surface area contributed by atoms with Gasteiger partial charge in [0.1, 0.15) is 0 Å². The summed E-state index contributed by atoms with van der Waals surface area (Å²) in [4.78, 5) is 37.0. The van der Waals surface area contributed by atoms with Crippen LogP contribution in [0.2, 0.25) is 0 Å². The van der Waals surface area contributed by atoms with E-state index in [1.165, 1.54) is 0 Å². The number of carbonyl (C=O) groups excluding carboxylic acids is 2. The van der Waals surface area contributed by atoms with Crippen molar-refractivity contribution >= 4 is 17.3 Å². The van der Waals surface area contributed by atoms with Crippen LogP contribution >= 0.6 is 0 Å². The summed E-state index contributed by atoms with van der Waals surface area (Å²) in [6, 6.07) is 5.07. The minimum absolute atomic E-state index is 0.528. The molecule has 0 saturated carbocycles. The maximum absolute atomic E-state index is 12.9. The lowest BCUT2D eigenvalue weighted by Gasteiger charge is -2.10. The number of Topliss-reactive ketones (excluding diaryl/α,β-unsaturated/α-hetero) is 2. The molecule has 0 spiro atoms. The number of ketones is 2. The minimum atomic E-state index is -4.89. The summed E-state index contributed by atoms with van der Waals surface area (Å²) >= 11 is 0. The van der Waals surface area contributed by atoms with Gasteiger partial charge < -0.3 is 5.11 Å². The zero-order valence-electron chi connectivity index (χ0n) is 12.3. The first kappa shape index (κ1) is 18.0. The molecule has 1 N–H and O–H groups in total. The third kappa shape index (κ3) is 3.79. The fourth-order valence-electron chi connectivity index (χ4n) is 2.10. The molecule has 1 heterocycles. The molecular weight excluding hydrogens is 345 g/mol. The molecule has 130 valence electrons. The van der Waals surface area contributed by atoms with E-state index in [-0.39, 0.29) is 0 Å². The van der Waals surface area contributed by atoms with E-state index in [0.29, 0.717) is 0 Å². The van der Waals surface area contributed by atoms with Crippen molar-refractivity contribution in [2.24, 2.45) is 0 Å². The van der Waals surface area contributed by atoms with Crippen molar-refractivity contribution < 1.29 is 32.8 Å². The van der Waals surface area contributed by atoms with Gasteiger partial charge in [-0.05, 0) is 18.2 Å². The fraction of sp³-hybridized carbons (Fsp3) is 0.133. The van der Waals surface area contributed by atoms with Gasteiger partial charge in [0, 0.05) is 17.8 Å². The maximum Gasteiger partial charge on any atom is 0.434 e. The van der Waals surface area contributed by atoms with E-state index < -0.39 is 57.3 Å². The SMILES string of the molecule is O=C(CC(=O)c1cccc([N+](=O)[O-])c1O)c1cccnc1C(F)(F)F. The topological polar surface area (TPSA) is 110 Å². The number of benzene rings is 1. The fourth-order valence-corrected chi connectivity index (χ4v) is 2.10. The summed E-state index contributed by atoms with van der Waals surface area (Å²) < 4.78 is 38.6. The Labute approximate surface area is 137 Å². The number of aromatic nitrogens is 1. The van der Waals surface area contributed by atoms with Crippen LogP contribution in [-0.4, -0.2) is 26.6 Å². The van der Waals surface area contributed by atoms with Crippen LogP contribution in [0.25, 0.3) is 0 Å². The number of rotatable bonds is 5. The number of carbonyl (C=O) groups is 2. The Morgan fingerprint density at radius 3 is 2.32 bits per heavy atom. The maximum atomic E-state index is 12.9. The van der Waals surface area contributed by atoms with Gasteiger partial charge in [0.05, 0.1) is 16.9 Å². The molecule has 0 fully saturated rings. The highest BCUT2D eigenvalue weighted by Gasteiger charge is 2.37. The summed E-state index contributed by atoms with van der Waals surface area (Å²) in [6.45, 7) is 0. The summed E-state index contributed by atoms with van der Waals surface area (Å²) in [5, 5.41) is 20.5. The standard InChI is InChI=1S/C15H9F3N2O5/c16-15(17,18)14-9(4-2-6-19-14)12(22)7-11(21)8-3-1-5-10(13(8)23)20(24)25/h1-6,23H,7H2. The lowest BCUT2D eigenvalue weighted by Crippen LogP contribution is -2.17. The third-order valence-corrected chi connectivity index (χ3v) is 3.21. The van der Waals surface area contributed by atoms with E-state index in [1.54, 1.807) is 0 Å². The number of phenols is 1. The Hall–Kier alpha value is -3.30. The summed E-state index contributed by atoms with van der Waals surface area (Å²) in [5.41, 5.74) is -3.51. The largest absolute Gasteiger partial charge is 0.502 e. The molecule has 0 unspecified atom stereocenters. The number of hydrogen-bond donors (Lipinski definition) is 1. The summed E-state index contributed by atoms with van der Waals surface area (Å²) in [6.07, 6.45) is -5.04. The second-order valence-electron chi connectivity index (χ2n) is 4.85. The van der Waals surface area contributed by atoms with Crippen LogP contribution in [0.1, 0.15) is 32.8 Å². The first-order valence-corrected chi connectivity index (χ1v) is 6.68. The zero-order chi connectivity index (χ0) is 18.8. The smallest absolute Gasteiger partial charge is 0.434 e. The minimum Gasteiger partial charge on any atom is -0.502 e. The van der Waals surface area contributed by atoms with E-state index in [9.17, 15) is 38.0 Å². The molecule has 25 heavy (non-hydrogen) atoms. The van der Waals surface area contributed by atoms with Crippen molar-refractivity contribution in [2.45, 2.75) is 12.6 Å². The highest BCUT2D eigenvalue weighted by molar-refractivity contribution is 6.15. The van der Waals surface area contributed by atoms with E-state index >= 15 is 0 Å². The first-order chi connectivity index (χ1) is 11.6.